The quantitative estimate of drug-likeness (QED) is 0.931. The molecule has 0 spiro atoms. The number of nitrogens with zero attached hydrogens (tertiary/aromatic N) is 2. The molecule has 0 amide bonds. The van der Waals surface area contributed by atoms with E-state index in [0.717, 1.165) is 5.56 Å². The van der Waals surface area contributed by atoms with E-state index in [-0.39, 0.29) is 5.41 Å². The van der Waals surface area contributed by atoms with Crippen LogP contribution >= 0.6 is 0 Å². The maximum atomic E-state index is 6.25. The summed E-state index contributed by atoms with van der Waals surface area (Å²) in [6, 6.07) is 4.97. The van der Waals surface area contributed by atoms with Crippen molar-refractivity contribution in [1.82, 2.24) is 10.1 Å². The third-order valence-electron chi connectivity index (χ3n) is 3.13. The molecule has 0 aliphatic heterocycles. The lowest BCUT2D eigenvalue weighted by Gasteiger charge is -2.15. The Morgan fingerprint density at radius 3 is 2.43 bits per heavy atom. The van der Waals surface area contributed by atoms with Gasteiger partial charge in [0.05, 0.1) is 20.3 Å². The summed E-state index contributed by atoms with van der Waals surface area (Å²) in [6.45, 7) is 6.01. The molecule has 0 aliphatic carbocycles. The first-order valence-corrected chi connectivity index (χ1v) is 6.69. The van der Waals surface area contributed by atoms with E-state index in [4.69, 9.17) is 19.7 Å². The minimum absolute atomic E-state index is 0.219. The van der Waals surface area contributed by atoms with Crippen molar-refractivity contribution >= 4 is 0 Å². The van der Waals surface area contributed by atoms with Crippen LogP contribution in [0, 0.1) is 0 Å². The summed E-state index contributed by atoms with van der Waals surface area (Å²) >= 11 is 0. The summed E-state index contributed by atoms with van der Waals surface area (Å²) < 4.78 is 16.0. The highest BCUT2D eigenvalue weighted by molar-refractivity contribution is 5.49. The molecule has 1 unspecified atom stereocenters. The van der Waals surface area contributed by atoms with Crippen LogP contribution in [0.25, 0.3) is 0 Å². The Morgan fingerprint density at radius 1 is 1.19 bits per heavy atom. The maximum Gasteiger partial charge on any atom is 0.232 e. The molecule has 1 aromatic heterocycles. The van der Waals surface area contributed by atoms with Crippen LogP contribution in [-0.4, -0.2) is 24.4 Å². The van der Waals surface area contributed by atoms with E-state index in [1.165, 1.54) is 0 Å². The van der Waals surface area contributed by atoms with Crippen LogP contribution in [0.1, 0.15) is 44.1 Å². The fourth-order valence-corrected chi connectivity index (χ4v) is 1.96. The standard InChI is InChI=1S/C15H21N3O3/c1-15(2,3)14-17-13(18-21-14)11(16)9-7-6-8-10(19-4)12(9)20-5/h6-8,11H,16H2,1-5H3. The fraction of sp³-hybridized carbons (Fsp3) is 0.467. The molecule has 0 saturated carbocycles. The SMILES string of the molecule is COc1cccc(C(N)c2noc(C(C)(C)C)n2)c1OC. The highest BCUT2D eigenvalue weighted by atomic mass is 16.5. The number of benzene rings is 1. The Kier molecular flexibility index (Phi) is 4.18. The highest BCUT2D eigenvalue weighted by Gasteiger charge is 2.26. The topological polar surface area (TPSA) is 83.4 Å². The van der Waals surface area contributed by atoms with Crippen molar-refractivity contribution in [3.8, 4) is 11.5 Å². The molecule has 6 heteroatoms. The van der Waals surface area contributed by atoms with E-state index in [1.807, 2.05) is 39.0 Å². The van der Waals surface area contributed by atoms with Crippen LogP contribution in [0.2, 0.25) is 0 Å². The molecule has 114 valence electrons. The third-order valence-corrected chi connectivity index (χ3v) is 3.13. The summed E-state index contributed by atoms with van der Waals surface area (Å²) in [5, 5.41) is 3.98. The Morgan fingerprint density at radius 2 is 1.90 bits per heavy atom. The van der Waals surface area contributed by atoms with E-state index in [1.54, 1.807) is 14.2 Å². The molecular weight excluding hydrogens is 270 g/mol. The van der Waals surface area contributed by atoms with Crippen LogP contribution in [0.4, 0.5) is 0 Å². The van der Waals surface area contributed by atoms with Crippen molar-refractivity contribution in [2.24, 2.45) is 5.73 Å². The lowest BCUT2D eigenvalue weighted by atomic mass is 9.97. The number of rotatable bonds is 4. The van der Waals surface area contributed by atoms with Gasteiger partial charge in [0.25, 0.3) is 0 Å². The first-order valence-electron chi connectivity index (χ1n) is 6.69. The van der Waals surface area contributed by atoms with Crippen molar-refractivity contribution in [1.29, 1.82) is 0 Å². The monoisotopic (exact) mass is 291 g/mol. The largest absolute Gasteiger partial charge is 0.493 e. The highest BCUT2D eigenvalue weighted by Crippen LogP contribution is 2.35. The van der Waals surface area contributed by atoms with E-state index in [2.05, 4.69) is 10.1 Å². The molecule has 2 aromatic rings. The van der Waals surface area contributed by atoms with Gasteiger partial charge in [0.1, 0.15) is 0 Å². The average Bonchev–Trinajstić information content (AvgIpc) is 2.95. The van der Waals surface area contributed by atoms with Crippen LogP contribution in [0.3, 0.4) is 0 Å². The molecule has 2 rings (SSSR count). The molecule has 0 fully saturated rings. The number of nitrogens with two attached hydrogens (primary N) is 1. The minimum Gasteiger partial charge on any atom is -0.493 e. The third kappa shape index (κ3) is 3.00. The lowest BCUT2D eigenvalue weighted by Crippen LogP contribution is -2.16. The summed E-state index contributed by atoms with van der Waals surface area (Å²) in [4.78, 5) is 4.39. The van der Waals surface area contributed by atoms with E-state index >= 15 is 0 Å². The second-order valence-electron chi connectivity index (χ2n) is 5.77. The predicted octanol–water partition coefficient (Wildman–Crippen LogP) is 2.43. The van der Waals surface area contributed by atoms with Gasteiger partial charge in [0.2, 0.25) is 5.89 Å². The molecule has 0 bridgehead atoms. The van der Waals surface area contributed by atoms with Gasteiger partial charge in [-0.2, -0.15) is 4.98 Å². The number of hydrogen-bond acceptors (Lipinski definition) is 6. The first kappa shape index (κ1) is 15.3. The van der Waals surface area contributed by atoms with Crippen LogP contribution < -0.4 is 15.2 Å². The maximum absolute atomic E-state index is 6.25. The fourth-order valence-electron chi connectivity index (χ4n) is 1.96. The number of methoxy groups -OCH3 is 2. The molecule has 1 atom stereocenters. The average molecular weight is 291 g/mol. The van der Waals surface area contributed by atoms with Crippen LogP contribution in [0.15, 0.2) is 22.7 Å². The molecule has 0 aliphatic rings. The van der Waals surface area contributed by atoms with Gasteiger partial charge < -0.3 is 19.7 Å². The summed E-state index contributed by atoms with van der Waals surface area (Å²) in [5.74, 6) is 2.17. The Balaban J connectivity index is 2.40. The van der Waals surface area contributed by atoms with Crippen molar-refractivity contribution in [2.75, 3.05) is 14.2 Å². The smallest absolute Gasteiger partial charge is 0.232 e. The Hall–Kier alpha value is -2.08. The molecule has 6 nitrogen and oxygen atoms in total. The van der Waals surface area contributed by atoms with E-state index in [0.29, 0.717) is 23.2 Å². The normalized spacial score (nSPS) is 13.0. The molecular formula is C15H21N3O3. The molecule has 0 saturated heterocycles. The zero-order chi connectivity index (χ0) is 15.6. The number of hydrogen-bond donors (Lipinski definition) is 1. The van der Waals surface area contributed by atoms with Crippen molar-refractivity contribution in [2.45, 2.75) is 32.2 Å². The van der Waals surface area contributed by atoms with Crippen molar-refractivity contribution in [3.05, 3.63) is 35.5 Å². The van der Waals surface area contributed by atoms with Gasteiger partial charge in [0, 0.05) is 11.0 Å². The summed E-state index contributed by atoms with van der Waals surface area (Å²) in [6.07, 6.45) is 0. The van der Waals surface area contributed by atoms with Gasteiger partial charge in [-0.3, -0.25) is 0 Å². The van der Waals surface area contributed by atoms with Gasteiger partial charge in [0.15, 0.2) is 17.3 Å². The number of ether oxygens (including phenoxy) is 2. The minimum atomic E-state index is -0.546. The van der Waals surface area contributed by atoms with Crippen molar-refractivity contribution < 1.29 is 14.0 Å². The Bertz CT molecular complexity index is 617. The molecule has 21 heavy (non-hydrogen) atoms. The first-order chi connectivity index (χ1) is 9.88. The van der Waals surface area contributed by atoms with Crippen molar-refractivity contribution in [3.63, 3.8) is 0 Å². The molecule has 0 radical (unpaired) electrons. The molecule has 1 aromatic carbocycles. The molecule has 1 heterocycles. The lowest BCUT2D eigenvalue weighted by molar-refractivity contribution is 0.317. The summed E-state index contributed by atoms with van der Waals surface area (Å²) in [7, 11) is 3.16. The van der Waals surface area contributed by atoms with E-state index in [9.17, 15) is 0 Å². The molecule has 2 N–H and O–H groups in total. The van der Waals surface area contributed by atoms with Gasteiger partial charge in [-0.05, 0) is 6.07 Å². The zero-order valence-corrected chi connectivity index (χ0v) is 13.0. The van der Waals surface area contributed by atoms with Crippen LogP contribution in [0.5, 0.6) is 11.5 Å². The number of para-hydroxylation sites is 1. The summed E-state index contributed by atoms with van der Waals surface area (Å²) in [5.41, 5.74) is 6.78. The second-order valence-corrected chi connectivity index (χ2v) is 5.77. The van der Waals surface area contributed by atoms with Gasteiger partial charge >= 0.3 is 0 Å². The Labute approximate surface area is 124 Å². The predicted molar refractivity (Wildman–Crippen MR) is 78.6 cm³/mol. The van der Waals surface area contributed by atoms with Gasteiger partial charge in [-0.25, -0.2) is 0 Å². The zero-order valence-electron chi connectivity index (χ0n) is 13.0. The second kappa shape index (κ2) is 5.73. The number of aromatic nitrogens is 2. The van der Waals surface area contributed by atoms with Gasteiger partial charge in [-0.1, -0.05) is 38.1 Å². The van der Waals surface area contributed by atoms with E-state index < -0.39 is 6.04 Å². The van der Waals surface area contributed by atoms with Crippen LogP contribution in [-0.2, 0) is 5.41 Å². The van der Waals surface area contributed by atoms with Gasteiger partial charge in [-0.15, -0.1) is 0 Å².